The minimum Gasteiger partial charge on any atom is -0.366 e. The van der Waals surface area contributed by atoms with E-state index in [2.05, 4.69) is 46.8 Å². The van der Waals surface area contributed by atoms with Gasteiger partial charge in [-0.25, -0.2) is 0 Å². The van der Waals surface area contributed by atoms with Gasteiger partial charge in [0.05, 0.1) is 0 Å². The van der Waals surface area contributed by atoms with Crippen LogP contribution >= 0.6 is 0 Å². The summed E-state index contributed by atoms with van der Waals surface area (Å²) in [6.45, 7) is 7.14. The van der Waals surface area contributed by atoms with Crippen LogP contribution in [0.5, 0.6) is 0 Å². The molecular weight excluding hydrogens is 437 g/mol. The Bertz CT molecular complexity index is 1130. The Morgan fingerprint density at radius 2 is 1.91 bits per heavy atom. The van der Waals surface area contributed by atoms with Crippen molar-refractivity contribution in [2.75, 3.05) is 13.1 Å². The number of piperidine rings is 1. The molecule has 0 spiro atoms. The van der Waals surface area contributed by atoms with Gasteiger partial charge in [0.2, 0.25) is 0 Å². The van der Waals surface area contributed by atoms with Crippen LogP contribution in [0, 0.1) is 24.2 Å². The third-order valence-corrected chi connectivity index (χ3v) is 8.35. The van der Waals surface area contributed by atoms with E-state index < -0.39 is 12.6 Å². The number of H-pyrrole nitrogens is 1. The van der Waals surface area contributed by atoms with Crippen molar-refractivity contribution in [2.45, 2.75) is 83.1 Å². The van der Waals surface area contributed by atoms with Crippen molar-refractivity contribution in [2.24, 2.45) is 5.92 Å². The van der Waals surface area contributed by atoms with Crippen molar-refractivity contribution in [1.29, 1.82) is 5.26 Å². The minimum absolute atomic E-state index is 0.0118. The van der Waals surface area contributed by atoms with Crippen LogP contribution in [-0.4, -0.2) is 45.6 Å². The third-order valence-electron chi connectivity index (χ3n) is 8.35. The molecule has 2 fully saturated rings. The molecule has 1 N–H and O–H groups in total. The number of benzene rings is 1. The first-order valence-corrected chi connectivity index (χ1v) is 12.5. The van der Waals surface area contributed by atoms with Crippen molar-refractivity contribution < 1.29 is 13.2 Å². The Morgan fingerprint density at radius 3 is 2.56 bits per heavy atom. The lowest BCUT2D eigenvalue weighted by Crippen LogP contribution is -2.53. The molecular formula is C27H33F3N4. The summed E-state index contributed by atoms with van der Waals surface area (Å²) in [5, 5.41) is 10.3. The van der Waals surface area contributed by atoms with Crippen molar-refractivity contribution in [1.82, 2.24) is 14.8 Å². The summed E-state index contributed by atoms with van der Waals surface area (Å²) in [6.07, 6.45) is 2.59. The molecule has 5 rings (SSSR count). The van der Waals surface area contributed by atoms with E-state index in [1.807, 2.05) is 12.1 Å². The number of nitrogens with one attached hydrogen (secondary N) is 1. The first-order valence-electron chi connectivity index (χ1n) is 12.5. The molecule has 0 radical (unpaired) electrons. The number of allylic oxidation sites excluding steroid dienone is 1. The molecule has 0 bridgehead atoms. The van der Waals surface area contributed by atoms with Gasteiger partial charge in [-0.2, -0.15) is 18.4 Å². The molecule has 4 nitrogen and oxygen atoms in total. The topological polar surface area (TPSA) is 46.1 Å². The Kier molecular flexibility index (Phi) is 5.92. The first-order chi connectivity index (χ1) is 16.2. The number of halogens is 3. The lowest BCUT2D eigenvalue weighted by atomic mass is 9.88. The fourth-order valence-electron chi connectivity index (χ4n) is 6.26. The average molecular weight is 471 g/mol. The zero-order chi connectivity index (χ0) is 24.1. The summed E-state index contributed by atoms with van der Waals surface area (Å²) in [4.78, 5) is 8.03. The molecule has 1 aromatic heterocycles. The quantitative estimate of drug-likeness (QED) is 0.530. The van der Waals surface area contributed by atoms with Gasteiger partial charge in [0.25, 0.3) is 0 Å². The van der Waals surface area contributed by atoms with Crippen LogP contribution in [0.2, 0.25) is 0 Å². The number of aromatic nitrogens is 1. The molecule has 2 aromatic rings. The van der Waals surface area contributed by atoms with Gasteiger partial charge in [0.15, 0.2) is 0 Å². The highest BCUT2D eigenvalue weighted by Gasteiger charge is 2.50. The summed E-state index contributed by atoms with van der Waals surface area (Å²) < 4.78 is 38.9. The number of aryl methyl sites for hydroxylation is 1. The molecule has 2 aliphatic heterocycles. The number of hydrogen-bond acceptors (Lipinski definition) is 3. The predicted octanol–water partition coefficient (Wildman–Crippen LogP) is 6.41. The molecule has 1 atom stereocenters. The van der Waals surface area contributed by atoms with E-state index in [9.17, 15) is 18.4 Å². The number of hydrogen-bond donors (Lipinski definition) is 1. The monoisotopic (exact) mass is 470 g/mol. The van der Waals surface area contributed by atoms with Crippen LogP contribution in [0.25, 0.3) is 10.9 Å². The van der Waals surface area contributed by atoms with Crippen molar-refractivity contribution >= 4 is 10.9 Å². The van der Waals surface area contributed by atoms with Crippen LogP contribution < -0.4 is 0 Å². The summed E-state index contributed by atoms with van der Waals surface area (Å²) in [6, 6.07) is 8.60. The summed E-state index contributed by atoms with van der Waals surface area (Å²) in [7, 11) is 0. The predicted molar refractivity (Wildman–Crippen MR) is 127 cm³/mol. The maximum absolute atomic E-state index is 13.0. The van der Waals surface area contributed by atoms with Gasteiger partial charge in [-0.05, 0) is 81.5 Å². The van der Waals surface area contributed by atoms with Crippen molar-refractivity contribution in [3.8, 4) is 6.07 Å². The molecule has 1 saturated heterocycles. The molecule has 3 aliphatic rings. The van der Waals surface area contributed by atoms with E-state index in [0.717, 1.165) is 55.5 Å². The fraction of sp³-hybridized carbons (Fsp3) is 0.593. The van der Waals surface area contributed by atoms with Crippen LogP contribution in [0.4, 0.5) is 13.2 Å². The number of aromatic amines is 1. The molecule has 1 unspecified atom stereocenters. The normalized spacial score (nSPS) is 24.6. The number of alkyl halides is 3. The Balaban J connectivity index is 1.26. The number of fused-ring (bicyclic) bond motifs is 1. The molecule has 182 valence electrons. The standard InChI is InChI=1S/C27H33F3N4/c1-18-19(3-6-25-24(18)15-21(16-31)32-25)17-33-13-9-23(10-14-33)34-22(8-12-27(28,29)30)7-11-26(34,2)20-4-5-20/h3,6-7,15,20,23,32H,4-5,8-14,17H2,1-2H3. The van der Waals surface area contributed by atoms with E-state index in [4.69, 9.17) is 0 Å². The first kappa shape index (κ1) is 23.3. The van der Waals surface area contributed by atoms with E-state index in [0.29, 0.717) is 17.7 Å². The zero-order valence-corrected chi connectivity index (χ0v) is 20.0. The van der Waals surface area contributed by atoms with Crippen molar-refractivity contribution in [3.05, 3.63) is 46.8 Å². The molecule has 7 heteroatoms. The van der Waals surface area contributed by atoms with Gasteiger partial charge < -0.3 is 9.88 Å². The SMILES string of the molecule is Cc1c(CN2CCC(N3C(CCC(F)(F)F)=CCC3(C)C3CC3)CC2)ccc2[nH]c(C#N)cc12. The Morgan fingerprint density at radius 1 is 1.18 bits per heavy atom. The van der Waals surface area contributed by atoms with E-state index in [1.165, 1.54) is 24.0 Å². The Hall–Kier alpha value is -2.46. The van der Waals surface area contributed by atoms with Gasteiger partial charge in [-0.3, -0.25) is 4.90 Å². The second-order valence-electron chi connectivity index (χ2n) is 10.6. The number of nitrogens with zero attached hydrogens (tertiary/aromatic N) is 3. The lowest BCUT2D eigenvalue weighted by molar-refractivity contribution is -0.135. The summed E-state index contributed by atoms with van der Waals surface area (Å²) in [5.74, 6) is 0.610. The second kappa shape index (κ2) is 8.64. The highest BCUT2D eigenvalue weighted by atomic mass is 19.4. The van der Waals surface area contributed by atoms with Crippen LogP contribution in [0.3, 0.4) is 0 Å². The van der Waals surface area contributed by atoms with Gasteiger partial charge in [0, 0.05) is 54.2 Å². The van der Waals surface area contributed by atoms with Gasteiger partial charge in [0.1, 0.15) is 11.8 Å². The largest absolute Gasteiger partial charge is 0.389 e. The zero-order valence-electron chi connectivity index (χ0n) is 20.0. The fourth-order valence-corrected chi connectivity index (χ4v) is 6.26. The van der Waals surface area contributed by atoms with E-state index in [1.54, 1.807) is 0 Å². The molecule has 34 heavy (non-hydrogen) atoms. The van der Waals surface area contributed by atoms with E-state index in [-0.39, 0.29) is 12.0 Å². The maximum atomic E-state index is 13.0. The van der Waals surface area contributed by atoms with Crippen LogP contribution in [0.15, 0.2) is 30.0 Å². The lowest BCUT2D eigenvalue weighted by Gasteiger charge is -2.48. The molecule has 3 heterocycles. The smallest absolute Gasteiger partial charge is 0.366 e. The molecule has 0 amide bonds. The highest BCUT2D eigenvalue weighted by molar-refractivity contribution is 5.85. The summed E-state index contributed by atoms with van der Waals surface area (Å²) >= 11 is 0. The maximum Gasteiger partial charge on any atom is 0.389 e. The van der Waals surface area contributed by atoms with Gasteiger partial charge >= 0.3 is 6.18 Å². The third kappa shape index (κ3) is 4.45. The van der Waals surface area contributed by atoms with Crippen LogP contribution in [0.1, 0.15) is 68.7 Å². The van der Waals surface area contributed by atoms with Gasteiger partial charge in [-0.1, -0.05) is 12.1 Å². The number of nitriles is 1. The molecule has 1 saturated carbocycles. The number of rotatable bonds is 6. The number of likely N-dealkylation sites (tertiary alicyclic amines) is 1. The minimum atomic E-state index is -4.11. The van der Waals surface area contributed by atoms with Crippen molar-refractivity contribution in [3.63, 3.8) is 0 Å². The van der Waals surface area contributed by atoms with Gasteiger partial charge in [-0.15, -0.1) is 0 Å². The molecule has 1 aromatic carbocycles. The second-order valence-corrected chi connectivity index (χ2v) is 10.6. The van der Waals surface area contributed by atoms with Crippen LogP contribution in [-0.2, 0) is 6.54 Å². The molecule has 1 aliphatic carbocycles. The summed E-state index contributed by atoms with van der Waals surface area (Å²) in [5.41, 5.74) is 4.95. The van der Waals surface area contributed by atoms with E-state index >= 15 is 0 Å². The average Bonchev–Trinajstić information content (AvgIpc) is 3.49. The highest BCUT2D eigenvalue weighted by Crippen LogP contribution is 2.52. The Labute approximate surface area is 199 Å².